The number of rotatable bonds is 5. The van der Waals surface area contributed by atoms with Crippen LogP contribution in [0.3, 0.4) is 0 Å². The molecule has 2 atom stereocenters. The van der Waals surface area contributed by atoms with Crippen LogP contribution in [0, 0.1) is 5.92 Å². The van der Waals surface area contributed by atoms with Gasteiger partial charge in [-0.2, -0.15) is 5.10 Å². The molecule has 0 saturated carbocycles. The third-order valence-corrected chi connectivity index (χ3v) is 4.40. The van der Waals surface area contributed by atoms with Crippen molar-refractivity contribution >= 4 is 22.5 Å². The molecule has 0 aliphatic heterocycles. The second-order valence-electron chi connectivity index (χ2n) is 5.95. The summed E-state index contributed by atoms with van der Waals surface area (Å²) in [7, 11) is 0. The summed E-state index contributed by atoms with van der Waals surface area (Å²) >= 11 is 0. The van der Waals surface area contributed by atoms with E-state index >= 15 is 0 Å². The lowest BCUT2D eigenvalue weighted by Crippen LogP contribution is -2.35. The fourth-order valence-corrected chi connectivity index (χ4v) is 2.61. The Bertz CT molecular complexity index is 944. The number of hydrogen-bond donors (Lipinski definition) is 3. The van der Waals surface area contributed by atoms with Gasteiger partial charge in [0.25, 0.3) is 11.5 Å². The lowest BCUT2D eigenvalue weighted by atomic mass is 10.0. The lowest BCUT2D eigenvalue weighted by molar-refractivity contribution is 0.0851. The zero-order valence-electron chi connectivity index (χ0n) is 13.6. The number of amides is 1. The molecule has 0 saturated heterocycles. The number of fused-ring (bicyclic) bond motifs is 3. The standard InChI is InChI=1S/C17H20N4O3/c1-3-10(2)14(22)9-18-16(23)12-8-19-21-13-7-5-4-6-11(13)17(24)20-15(12)21/h4-8,10,14,22H,3,9H2,1-2H3,(H,18,23)(H,20,24). The van der Waals surface area contributed by atoms with Crippen molar-refractivity contribution < 1.29 is 9.90 Å². The minimum atomic E-state index is -0.610. The quantitative estimate of drug-likeness (QED) is 0.657. The van der Waals surface area contributed by atoms with Crippen LogP contribution in [0.5, 0.6) is 0 Å². The van der Waals surface area contributed by atoms with Gasteiger partial charge < -0.3 is 15.4 Å². The van der Waals surface area contributed by atoms with Gasteiger partial charge in [-0.3, -0.25) is 9.59 Å². The third-order valence-electron chi connectivity index (χ3n) is 4.40. The van der Waals surface area contributed by atoms with E-state index in [2.05, 4.69) is 15.4 Å². The first-order chi connectivity index (χ1) is 11.5. The predicted octanol–water partition coefficient (Wildman–Crippen LogP) is 1.31. The van der Waals surface area contributed by atoms with Gasteiger partial charge in [-0.25, -0.2) is 4.52 Å². The molecule has 2 unspecified atom stereocenters. The summed E-state index contributed by atoms with van der Waals surface area (Å²) in [6, 6.07) is 7.07. The highest BCUT2D eigenvalue weighted by molar-refractivity contribution is 6.00. The van der Waals surface area contributed by atoms with Gasteiger partial charge in [0.1, 0.15) is 11.2 Å². The van der Waals surface area contributed by atoms with Crippen LogP contribution in [-0.4, -0.2) is 38.3 Å². The predicted molar refractivity (Wildman–Crippen MR) is 91.1 cm³/mol. The van der Waals surface area contributed by atoms with Crippen LogP contribution in [-0.2, 0) is 0 Å². The highest BCUT2D eigenvalue weighted by Crippen LogP contribution is 2.14. The van der Waals surface area contributed by atoms with Crippen LogP contribution in [0.1, 0.15) is 30.6 Å². The summed E-state index contributed by atoms with van der Waals surface area (Å²) in [4.78, 5) is 27.3. The minimum absolute atomic E-state index is 0.0953. The third kappa shape index (κ3) is 2.78. The Kier molecular flexibility index (Phi) is 4.35. The smallest absolute Gasteiger partial charge is 0.259 e. The highest BCUT2D eigenvalue weighted by atomic mass is 16.3. The van der Waals surface area contributed by atoms with Crippen LogP contribution in [0.4, 0.5) is 0 Å². The van der Waals surface area contributed by atoms with Crippen molar-refractivity contribution in [2.45, 2.75) is 26.4 Å². The summed E-state index contributed by atoms with van der Waals surface area (Å²) in [5, 5.41) is 17.4. The summed E-state index contributed by atoms with van der Waals surface area (Å²) in [6.07, 6.45) is 1.64. The molecule has 0 radical (unpaired) electrons. The molecule has 0 aliphatic carbocycles. The van der Waals surface area contributed by atoms with Crippen LogP contribution in [0.2, 0.25) is 0 Å². The highest BCUT2D eigenvalue weighted by Gasteiger charge is 2.18. The van der Waals surface area contributed by atoms with Gasteiger partial charge in [0.2, 0.25) is 0 Å². The van der Waals surface area contributed by atoms with E-state index in [1.54, 1.807) is 18.2 Å². The molecule has 2 aromatic heterocycles. The van der Waals surface area contributed by atoms with E-state index in [-0.39, 0.29) is 29.5 Å². The number of hydrogen-bond acceptors (Lipinski definition) is 4. The van der Waals surface area contributed by atoms with E-state index in [1.807, 2.05) is 19.9 Å². The van der Waals surface area contributed by atoms with Crippen molar-refractivity contribution in [2.24, 2.45) is 5.92 Å². The van der Waals surface area contributed by atoms with Gasteiger partial charge in [-0.15, -0.1) is 0 Å². The molecule has 1 aromatic carbocycles. The fraction of sp³-hybridized carbons (Fsp3) is 0.353. The summed E-state index contributed by atoms with van der Waals surface area (Å²) in [5.41, 5.74) is 0.977. The Morgan fingerprint density at radius 2 is 2.17 bits per heavy atom. The van der Waals surface area contributed by atoms with E-state index in [9.17, 15) is 14.7 Å². The van der Waals surface area contributed by atoms with Crippen LogP contribution in [0.15, 0.2) is 35.3 Å². The number of carbonyl (C=O) groups is 1. The van der Waals surface area contributed by atoms with Gasteiger partial charge >= 0.3 is 0 Å². The van der Waals surface area contributed by atoms with Gasteiger partial charge in [-0.1, -0.05) is 32.4 Å². The topological polar surface area (TPSA) is 99.5 Å². The number of H-pyrrole nitrogens is 1. The molecule has 0 bridgehead atoms. The van der Waals surface area contributed by atoms with E-state index in [4.69, 9.17) is 0 Å². The maximum atomic E-state index is 12.4. The van der Waals surface area contributed by atoms with Crippen molar-refractivity contribution in [3.8, 4) is 0 Å². The summed E-state index contributed by atoms with van der Waals surface area (Å²) in [6.45, 7) is 4.07. The van der Waals surface area contributed by atoms with Crippen molar-refractivity contribution in [2.75, 3.05) is 6.54 Å². The molecule has 0 aliphatic rings. The minimum Gasteiger partial charge on any atom is -0.391 e. The molecule has 126 valence electrons. The number of para-hydroxylation sites is 1. The second-order valence-corrected chi connectivity index (χ2v) is 5.95. The first-order valence-corrected chi connectivity index (χ1v) is 7.98. The second kappa shape index (κ2) is 6.45. The van der Waals surface area contributed by atoms with Gasteiger partial charge in [-0.05, 0) is 18.1 Å². The van der Waals surface area contributed by atoms with E-state index in [0.29, 0.717) is 16.6 Å². The molecule has 3 N–H and O–H groups in total. The number of aliphatic hydroxyl groups is 1. The van der Waals surface area contributed by atoms with Crippen molar-refractivity contribution in [3.05, 3.63) is 46.4 Å². The number of aliphatic hydroxyl groups excluding tert-OH is 1. The van der Waals surface area contributed by atoms with E-state index < -0.39 is 6.10 Å². The maximum Gasteiger partial charge on any atom is 0.259 e. The van der Waals surface area contributed by atoms with Crippen LogP contribution >= 0.6 is 0 Å². The van der Waals surface area contributed by atoms with Crippen molar-refractivity contribution in [1.82, 2.24) is 19.9 Å². The molecule has 2 heterocycles. The summed E-state index contributed by atoms with van der Waals surface area (Å²) < 4.78 is 1.54. The van der Waals surface area contributed by atoms with Crippen molar-refractivity contribution in [3.63, 3.8) is 0 Å². The average Bonchev–Trinajstić information content (AvgIpc) is 3.02. The first-order valence-electron chi connectivity index (χ1n) is 7.98. The number of nitrogens with zero attached hydrogens (tertiary/aromatic N) is 2. The molecular formula is C17H20N4O3. The Labute approximate surface area is 138 Å². The molecule has 24 heavy (non-hydrogen) atoms. The van der Waals surface area contributed by atoms with Crippen LogP contribution < -0.4 is 10.9 Å². The normalized spacial score (nSPS) is 14.0. The summed E-state index contributed by atoms with van der Waals surface area (Å²) in [5.74, 6) is -0.281. The molecule has 1 amide bonds. The van der Waals surface area contributed by atoms with Crippen molar-refractivity contribution in [1.29, 1.82) is 0 Å². The van der Waals surface area contributed by atoms with E-state index in [0.717, 1.165) is 6.42 Å². The zero-order valence-corrected chi connectivity index (χ0v) is 13.6. The van der Waals surface area contributed by atoms with Gasteiger partial charge in [0, 0.05) is 6.54 Å². The maximum absolute atomic E-state index is 12.4. The molecule has 3 aromatic rings. The molecular weight excluding hydrogens is 308 g/mol. The monoisotopic (exact) mass is 328 g/mol. The number of benzene rings is 1. The largest absolute Gasteiger partial charge is 0.391 e. The van der Waals surface area contributed by atoms with Gasteiger partial charge in [0.05, 0.1) is 23.2 Å². The van der Waals surface area contributed by atoms with Crippen LogP contribution in [0.25, 0.3) is 16.6 Å². The SMILES string of the molecule is CCC(C)C(O)CNC(=O)c1cnn2c1[nH]c(=O)c1ccccc12. The number of aromatic nitrogens is 3. The molecule has 3 rings (SSSR count). The fourth-order valence-electron chi connectivity index (χ4n) is 2.61. The molecule has 7 heteroatoms. The van der Waals surface area contributed by atoms with E-state index in [1.165, 1.54) is 10.7 Å². The number of nitrogens with one attached hydrogen (secondary N) is 2. The zero-order chi connectivity index (χ0) is 17.3. The number of carbonyl (C=O) groups excluding carboxylic acids is 1. The Hall–Kier alpha value is -2.67. The Morgan fingerprint density at radius 1 is 1.42 bits per heavy atom. The Morgan fingerprint density at radius 3 is 2.92 bits per heavy atom. The Balaban J connectivity index is 1.93. The first kappa shape index (κ1) is 16.2. The average molecular weight is 328 g/mol. The molecule has 0 spiro atoms. The lowest BCUT2D eigenvalue weighted by Gasteiger charge is -2.17. The molecule has 7 nitrogen and oxygen atoms in total. The number of aromatic amines is 1. The van der Waals surface area contributed by atoms with Gasteiger partial charge in [0.15, 0.2) is 0 Å². The molecule has 0 fully saturated rings.